The van der Waals surface area contributed by atoms with Crippen LogP contribution in [0.1, 0.15) is 10.9 Å². The van der Waals surface area contributed by atoms with Gasteiger partial charge in [0.1, 0.15) is 0 Å². The third-order valence-corrected chi connectivity index (χ3v) is 5.54. The van der Waals surface area contributed by atoms with Crippen LogP contribution in [0.3, 0.4) is 0 Å². The zero-order valence-electron chi connectivity index (χ0n) is 11.2. The van der Waals surface area contributed by atoms with Crippen LogP contribution >= 0.6 is 23.4 Å². The van der Waals surface area contributed by atoms with Gasteiger partial charge in [-0.05, 0) is 17.7 Å². The molecule has 0 bridgehead atoms. The van der Waals surface area contributed by atoms with Crippen molar-refractivity contribution in [3.8, 4) is 0 Å². The van der Waals surface area contributed by atoms with Crippen LogP contribution in [0.25, 0.3) is 0 Å². The minimum absolute atomic E-state index is 0.454. The number of nitrogens with zero attached hydrogens (tertiary/aromatic N) is 1. The Morgan fingerprint density at radius 1 is 1.15 bits per heavy atom. The van der Waals surface area contributed by atoms with E-state index in [1.165, 1.54) is 11.8 Å². The van der Waals surface area contributed by atoms with E-state index in [1.807, 2.05) is 55.6 Å². The van der Waals surface area contributed by atoms with E-state index in [4.69, 9.17) is 11.6 Å². The van der Waals surface area contributed by atoms with Gasteiger partial charge in [-0.3, -0.25) is 0 Å². The molecule has 20 heavy (non-hydrogen) atoms. The molecule has 0 aromatic heterocycles. The summed E-state index contributed by atoms with van der Waals surface area (Å²) in [6, 6.07) is 17.8. The molecule has 0 aliphatic carbocycles. The minimum Gasteiger partial charge on any atom is -0.375 e. The van der Waals surface area contributed by atoms with Crippen LogP contribution in [0.2, 0.25) is 0 Å². The molecule has 0 fully saturated rings. The van der Waals surface area contributed by atoms with Crippen LogP contribution < -0.4 is 4.90 Å². The van der Waals surface area contributed by atoms with Gasteiger partial charge in [-0.2, -0.15) is 0 Å². The first-order valence-corrected chi connectivity index (χ1v) is 7.76. The number of hydrogen-bond acceptors (Lipinski definition) is 3. The van der Waals surface area contributed by atoms with Gasteiger partial charge in [0, 0.05) is 11.9 Å². The fraction of sp³-hybridized carbons (Fsp3) is 0.250. The molecule has 2 aromatic rings. The van der Waals surface area contributed by atoms with E-state index in [2.05, 4.69) is 11.0 Å². The number of rotatable bonds is 2. The Bertz CT molecular complexity index is 606. The predicted molar refractivity (Wildman–Crippen MR) is 85.6 cm³/mol. The van der Waals surface area contributed by atoms with Crippen molar-refractivity contribution in [3.63, 3.8) is 0 Å². The second-order valence-electron chi connectivity index (χ2n) is 5.04. The first-order chi connectivity index (χ1) is 9.60. The van der Waals surface area contributed by atoms with Gasteiger partial charge in [-0.25, -0.2) is 0 Å². The van der Waals surface area contributed by atoms with Crippen molar-refractivity contribution in [2.24, 2.45) is 0 Å². The molecule has 0 saturated heterocycles. The van der Waals surface area contributed by atoms with Crippen LogP contribution in [0.4, 0.5) is 5.69 Å². The average Bonchev–Trinajstić information content (AvgIpc) is 2.47. The standard InChI is InChI=1S/C16H16ClNOS/c1-18-11-16(19,15(17)12-7-3-2-4-8-12)20-14-10-6-5-9-13(14)18/h2-10,15,19H,11H2,1H3. The number of likely N-dealkylation sites (N-methyl/N-ethyl adjacent to an activating group) is 1. The molecule has 1 heterocycles. The smallest absolute Gasteiger partial charge is 0.152 e. The second-order valence-corrected chi connectivity index (χ2v) is 6.83. The first kappa shape index (κ1) is 13.8. The van der Waals surface area contributed by atoms with E-state index in [0.717, 1.165) is 16.1 Å². The molecule has 4 heteroatoms. The van der Waals surface area contributed by atoms with Gasteiger partial charge in [0.15, 0.2) is 4.93 Å². The van der Waals surface area contributed by atoms with E-state index in [9.17, 15) is 5.11 Å². The van der Waals surface area contributed by atoms with Crippen LogP contribution in [0.5, 0.6) is 0 Å². The summed E-state index contributed by atoms with van der Waals surface area (Å²) in [5.74, 6) is 0. The highest BCUT2D eigenvalue weighted by atomic mass is 35.5. The monoisotopic (exact) mass is 305 g/mol. The van der Waals surface area contributed by atoms with Crippen LogP contribution in [-0.2, 0) is 0 Å². The fourth-order valence-electron chi connectivity index (χ4n) is 2.52. The summed E-state index contributed by atoms with van der Waals surface area (Å²) >= 11 is 8.01. The van der Waals surface area contributed by atoms with E-state index < -0.39 is 10.3 Å². The molecule has 104 valence electrons. The number of hydrogen-bond donors (Lipinski definition) is 1. The Hall–Kier alpha value is -1.16. The largest absolute Gasteiger partial charge is 0.375 e. The number of para-hydroxylation sites is 1. The van der Waals surface area contributed by atoms with Crippen molar-refractivity contribution in [1.29, 1.82) is 0 Å². The highest BCUT2D eigenvalue weighted by Crippen LogP contribution is 2.50. The lowest BCUT2D eigenvalue weighted by Crippen LogP contribution is -2.45. The van der Waals surface area contributed by atoms with E-state index in [-0.39, 0.29) is 0 Å². The quantitative estimate of drug-likeness (QED) is 0.851. The highest BCUT2D eigenvalue weighted by Gasteiger charge is 2.42. The van der Waals surface area contributed by atoms with Gasteiger partial charge in [-0.15, -0.1) is 11.6 Å². The van der Waals surface area contributed by atoms with E-state index in [0.29, 0.717) is 6.54 Å². The highest BCUT2D eigenvalue weighted by molar-refractivity contribution is 8.00. The number of β-amino-alcohol motifs (C(OH)–C–C–N with tert-alkyl or cyclic N) is 1. The predicted octanol–water partition coefficient (Wildman–Crippen LogP) is 3.90. The Kier molecular flexibility index (Phi) is 3.67. The summed E-state index contributed by atoms with van der Waals surface area (Å²) < 4.78 is 0. The van der Waals surface area contributed by atoms with Gasteiger partial charge < -0.3 is 10.0 Å². The van der Waals surface area contributed by atoms with Crippen molar-refractivity contribution >= 4 is 29.1 Å². The molecular formula is C16H16ClNOS. The third-order valence-electron chi connectivity index (χ3n) is 3.52. The molecule has 3 rings (SSSR count). The molecule has 0 saturated carbocycles. The van der Waals surface area contributed by atoms with Crippen molar-refractivity contribution in [3.05, 3.63) is 60.2 Å². The molecular weight excluding hydrogens is 290 g/mol. The molecule has 2 nitrogen and oxygen atoms in total. The van der Waals surface area contributed by atoms with Crippen LogP contribution in [0.15, 0.2) is 59.5 Å². The van der Waals surface area contributed by atoms with Gasteiger partial charge in [0.2, 0.25) is 0 Å². The maximum Gasteiger partial charge on any atom is 0.152 e. The van der Waals surface area contributed by atoms with Gasteiger partial charge in [-0.1, -0.05) is 54.2 Å². The molecule has 0 amide bonds. The second kappa shape index (κ2) is 5.32. The third kappa shape index (κ3) is 2.41. The zero-order valence-corrected chi connectivity index (χ0v) is 12.7. The Labute approximate surface area is 128 Å². The van der Waals surface area contributed by atoms with Gasteiger partial charge >= 0.3 is 0 Å². The number of aliphatic hydroxyl groups is 1. The van der Waals surface area contributed by atoms with Crippen molar-refractivity contribution in [2.75, 3.05) is 18.5 Å². The molecule has 1 aliphatic heterocycles. The number of benzene rings is 2. The van der Waals surface area contributed by atoms with E-state index in [1.54, 1.807) is 0 Å². The zero-order chi connectivity index (χ0) is 14.2. The van der Waals surface area contributed by atoms with E-state index >= 15 is 0 Å². The lowest BCUT2D eigenvalue weighted by molar-refractivity contribution is 0.137. The molecule has 0 radical (unpaired) electrons. The summed E-state index contributed by atoms with van der Waals surface area (Å²) in [5, 5.41) is 10.5. The maximum absolute atomic E-state index is 11.0. The van der Waals surface area contributed by atoms with Crippen LogP contribution in [0, 0.1) is 0 Å². The number of alkyl halides is 1. The van der Waals surface area contributed by atoms with Gasteiger partial charge in [0.25, 0.3) is 0 Å². The lowest BCUT2D eigenvalue weighted by Gasteiger charge is -2.41. The topological polar surface area (TPSA) is 23.5 Å². The van der Waals surface area contributed by atoms with Crippen molar-refractivity contribution in [2.45, 2.75) is 15.2 Å². The average molecular weight is 306 g/mol. The lowest BCUT2D eigenvalue weighted by atomic mass is 10.1. The van der Waals surface area contributed by atoms with Crippen molar-refractivity contribution in [1.82, 2.24) is 0 Å². The molecule has 0 spiro atoms. The molecule has 1 aliphatic rings. The van der Waals surface area contributed by atoms with Crippen molar-refractivity contribution < 1.29 is 5.11 Å². The fourth-order valence-corrected chi connectivity index (χ4v) is 4.22. The number of anilines is 1. The van der Waals surface area contributed by atoms with Gasteiger partial charge in [0.05, 0.1) is 17.6 Å². The summed E-state index contributed by atoms with van der Waals surface area (Å²) in [6.45, 7) is 0.498. The SMILES string of the molecule is CN1CC(O)(C(Cl)c2ccccc2)Sc2ccccc21. The summed E-state index contributed by atoms with van der Waals surface area (Å²) in [7, 11) is 1.98. The Morgan fingerprint density at radius 2 is 1.80 bits per heavy atom. The molecule has 2 unspecified atom stereocenters. The number of thioether (sulfide) groups is 1. The Morgan fingerprint density at radius 3 is 2.55 bits per heavy atom. The number of fused-ring (bicyclic) bond motifs is 1. The molecule has 2 atom stereocenters. The Balaban J connectivity index is 1.95. The molecule has 2 aromatic carbocycles. The minimum atomic E-state index is -1.04. The van der Waals surface area contributed by atoms with Crippen LogP contribution in [-0.4, -0.2) is 23.6 Å². The maximum atomic E-state index is 11.0. The number of halogens is 1. The first-order valence-electron chi connectivity index (χ1n) is 6.51. The normalized spacial score (nSPS) is 23.2. The summed E-state index contributed by atoms with van der Waals surface area (Å²) in [5.41, 5.74) is 2.08. The summed E-state index contributed by atoms with van der Waals surface area (Å²) in [4.78, 5) is 2.08. The summed E-state index contributed by atoms with van der Waals surface area (Å²) in [6.07, 6.45) is 0. The molecule has 1 N–H and O–H groups in total.